The van der Waals surface area contributed by atoms with E-state index in [1.807, 2.05) is 0 Å². The summed E-state index contributed by atoms with van der Waals surface area (Å²) >= 11 is 0. The molecule has 29 heavy (non-hydrogen) atoms. The summed E-state index contributed by atoms with van der Waals surface area (Å²) in [6.45, 7) is 4.32. The van der Waals surface area contributed by atoms with Crippen molar-refractivity contribution in [3.05, 3.63) is 46.8 Å². The molecule has 0 radical (unpaired) electrons. The molecular formula is C20H25F2N5O2. The third kappa shape index (κ3) is 3.89. The molecule has 7 nitrogen and oxygen atoms in total. The lowest BCUT2D eigenvalue weighted by atomic mass is 9.76. The van der Waals surface area contributed by atoms with Gasteiger partial charge in [-0.05, 0) is 37.7 Å². The molecule has 1 aromatic carbocycles. The molecule has 1 spiro atoms. The molecule has 2 aliphatic rings. The van der Waals surface area contributed by atoms with Gasteiger partial charge in [0.1, 0.15) is 11.6 Å². The van der Waals surface area contributed by atoms with Crippen LogP contribution in [0.15, 0.2) is 18.2 Å². The van der Waals surface area contributed by atoms with Gasteiger partial charge in [0.25, 0.3) is 5.91 Å². The summed E-state index contributed by atoms with van der Waals surface area (Å²) in [5.41, 5.74) is 6.95. The van der Waals surface area contributed by atoms with E-state index in [1.54, 1.807) is 11.8 Å². The van der Waals surface area contributed by atoms with Crippen LogP contribution in [0.4, 0.5) is 8.78 Å². The van der Waals surface area contributed by atoms with Crippen LogP contribution in [0.25, 0.3) is 0 Å². The molecule has 1 amide bonds. The first kappa shape index (κ1) is 19.9. The number of ether oxygens (including phenoxy) is 1. The monoisotopic (exact) mass is 405 g/mol. The van der Waals surface area contributed by atoms with Gasteiger partial charge < -0.3 is 15.4 Å². The summed E-state index contributed by atoms with van der Waals surface area (Å²) < 4.78 is 34.2. The molecule has 4 rings (SSSR count). The van der Waals surface area contributed by atoms with Crippen molar-refractivity contribution in [1.29, 1.82) is 0 Å². The van der Waals surface area contributed by atoms with Gasteiger partial charge in [-0.3, -0.25) is 4.79 Å². The van der Waals surface area contributed by atoms with Crippen molar-refractivity contribution in [2.24, 2.45) is 11.1 Å². The number of nitrogens with zero attached hydrogens (tertiary/aromatic N) is 4. The third-order valence-corrected chi connectivity index (χ3v) is 6.18. The Bertz CT molecular complexity index is 908. The van der Waals surface area contributed by atoms with Crippen molar-refractivity contribution in [3.8, 4) is 0 Å². The van der Waals surface area contributed by atoms with Crippen molar-refractivity contribution < 1.29 is 18.3 Å². The summed E-state index contributed by atoms with van der Waals surface area (Å²) in [6.07, 6.45) is 2.82. The molecule has 156 valence electrons. The van der Waals surface area contributed by atoms with E-state index in [4.69, 9.17) is 10.5 Å². The second kappa shape index (κ2) is 7.79. The summed E-state index contributed by atoms with van der Waals surface area (Å²) in [4.78, 5) is 14.7. The number of hydrogen-bond donors (Lipinski definition) is 1. The molecule has 2 fully saturated rings. The van der Waals surface area contributed by atoms with E-state index < -0.39 is 11.6 Å². The number of hydrogen-bond acceptors (Lipinski definition) is 5. The standard InChI is InChI=1S/C20H25F2N5O2/c1-13-18(24-25-27(13)11-14-2-3-15(21)8-17(14)22)19(28)26-6-4-20(5-7-26)9-16(10-23)29-12-20/h2-3,8,16H,4-7,9-12,23H2,1H3. The lowest BCUT2D eigenvalue weighted by molar-refractivity contribution is 0.0497. The Morgan fingerprint density at radius 3 is 2.76 bits per heavy atom. The first-order valence-electron chi connectivity index (χ1n) is 9.86. The van der Waals surface area contributed by atoms with Gasteiger partial charge >= 0.3 is 0 Å². The Kier molecular flexibility index (Phi) is 5.35. The fourth-order valence-corrected chi connectivity index (χ4v) is 4.25. The number of aromatic nitrogens is 3. The average Bonchev–Trinajstić information content (AvgIpc) is 3.28. The topological polar surface area (TPSA) is 86.3 Å². The zero-order chi connectivity index (χ0) is 20.6. The minimum Gasteiger partial charge on any atom is -0.376 e. The molecule has 3 heterocycles. The van der Waals surface area contributed by atoms with Gasteiger partial charge in [-0.15, -0.1) is 5.10 Å². The van der Waals surface area contributed by atoms with Crippen LogP contribution >= 0.6 is 0 Å². The highest BCUT2D eigenvalue weighted by Crippen LogP contribution is 2.41. The normalized spacial score (nSPS) is 21.1. The van der Waals surface area contributed by atoms with Gasteiger partial charge in [-0.1, -0.05) is 11.3 Å². The van der Waals surface area contributed by atoms with Gasteiger partial charge in [0.15, 0.2) is 5.69 Å². The lowest BCUT2D eigenvalue weighted by Crippen LogP contribution is -2.44. The number of carbonyl (C=O) groups is 1. The van der Waals surface area contributed by atoms with E-state index in [9.17, 15) is 13.6 Å². The number of benzene rings is 1. The number of rotatable bonds is 4. The highest BCUT2D eigenvalue weighted by atomic mass is 19.1. The third-order valence-electron chi connectivity index (χ3n) is 6.18. The fraction of sp³-hybridized carbons (Fsp3) is 0.550. The minimum absolute atomic E-state index is 0.0825. The predicted octanol–water partition coefficient (Wildman–Crippen LogP) is 1.88. The van der Waals surface area contributed by atoms with Crippen molar-refractivity contribution in [1.82, 2.24) is 19.9 Å². The zero-order valence-electron chi connectivity index (χ0n) is 16.4. The van der Waals surface area contributed by atoms with E-state index in [1.165, 1.54) is 16.8 Å². The molecule has 2 saturated heterocycles. The number of halogens is 2. The SMILES string of the molecule is Cc1c(C(=O)N2CCC3(CC2)COC(CN)C3)nnn1Cc1ccc(F)cc1F. The second-order valence-corrected chi connectivity index (χ2v) is 8.08. The maximum absolute atomic E-state index is 13.9. The van der Waals surface area contributed by atoms with Crippen LogP contribution in [0.5, 0.6) is 0 Å². The van der Waals surface area contributed by atoms with E-state index >= 15 is 0 Å². The van der Waals surface area contributed by atoms with E-state index in [-0.39, 0.29) is 35.2 Å². The molecule has 2 aliphatic heterocycles. The lowest BCUT2D eigenvalue weighted by Gasteiger charge is -2.38. The van der Waals surface area contributed by atoms with Gasteiger partial charge in [0.2, 0.25) is 0 Å². The summed E-state index contributed by atoms with van der Waals surface area (Å²) in [5.74, 6) is -1.45. The molecule has 1 aromatic heterocycles. The molecule has 2 N–H and O–H groups in total. The maximum atomic E-state index is 13.9. The Morgan fingerprint density at radius 2 is 2.10 bits per heavy atom. The van der Waals surface area contributed by atoms with Gasteiger partial charge in [-0.25, -0.2) is 13.5 Å². The minimum atomic E-state index is -0.649. The Morgan fingerprint density at radius 1 is 1.34 bits per heavy atom. The van der Waals surface area contributed by atoms with E-state index in [0.717, 1.165) is 25.3 Å². The van der Waals surface area contributed by atoms with Crippen molar-refractivity contribution in [2.45, 2.75) is 38.8 Å². The van der Waals surface area contributed by atoms with Crippen molar-refractivity contribution in [3.63, 3.8) is 0 Å². The largest absolute Gasteiger partial charge is 0.376 e. The average molecular weight is 405 g/mol. The summed E-state index contributed by atoms with van der Waals surface area (Å²) in [7, 11) is 0. The summed E-state index contributed by atoms with van der Waals surface area (Å²) in [6, 6.07) is 3.40. The number of nitrogens with two attached hydrogens (primary N) is 1. The van der Waals surface area contributed by atoms with Gasteiger partial charge in [0, 0.05) is 31.3 Å². The Labute approximate surface area is 167 Å². The van der Waals surface area contributed by atoms with Gasteiger partial charge in [-0.2, -0.15) is 0 Å². The Balaban J connectivity index is 1.42. The number of amides is 1. The number of piperidine rings is 1. The molecular weight excluding hydrogens is 380 g/mol. The highest BCUT2D eigenvalue weighted by Gasteiger charge is 2.43. The first-order valence-corrected chi connectivity index (χ1v) is 9.86. The van der Waals surface area contributed by atoms with E-state index in [0.29, 0.717) is 31.9 Å². The smallest absolute Gasteiger partial charge is 0.276 e. The molecule has 0 aliphatic carbocycles. The van der Waals surface area contributed by atoms with Crippen LogP contribution in [-0.4, -0.2) is 58.1 Å². The predicted molar refractivity (Wildman–Crippen MR) is 101 cm³/mol. The van der Waals surface area contributed by atoms with Crippen molar-refractivity contribution in [2.75, 3.05) is 26.2 Å². The molecule has 2 aromatic rings. The molecule has 9 heteroatoms. The van der Waals surface area contributed by atoms with Crippen molar-refractivity contribution >= 4 is 5.91 Å². The van der Waals surface area contributed by atoms with Crippen LogP contribution in [0, 0.1) is 24.0 Å². The van der Waals surface area contributed by atoms with E-state index in [2.05, 4.69) is 10.3 Å². The molecule has 1 atom stereocenters. The molecule has 0 bridgehead atoms. The molecule has 0 saturated carbocycles. The van der Waals surface area contributed by atoms with Crippen LogP contribution in [0.3, 0.4) is 0 Å². The van der Waals surface area contributed by atoms with Crippen LogP contribution in [-0.2, 0) is 11.3 Å². The van der Waals surface area contributed by atoms with Crippen LogP contribution in [0.2, 0.25) is 0 Å². The summed E-state index contributed by atoms with van der Waals surface area (Å²) in [5, 5.41) is 8.04. The maximum Gasteiger partial charge on any atom is 0.276 e. The number of carbonyl (C=O) groups excluding carboxylic acids is 1. The molecule has 1 unspecified atom stereocenters. The van der Waals surface area contributed by atoms with Crippen LogP contribution in [0.1, 0.15) is 41.0 Å². The second-order valence-electron chi connectivity index (χ2n) is 8.08. The van der Waals surface area contributed by atoms with Crippen LogP contribution < -0.4 is 5.73 Å². The Hall–Kier alpha value is -2.39. The fourth-order valence-electron chi connectivity index (χ4n) is 4.25. The first-order chi connectivity index (χ1) is 13.9. The van der Waals surface area contributed by atoms with Gasteiger partial charge in [0.05, 0.1) is 24.9 Å². The highest BCUT2D eigenvalue weighted by molar-refractivity contribution is 5.93. The zero-order valence-corrected chi connectivity index (χ0v) is 16.4. The quantitative estimate of drug-likeness (QED) is 0.840. The number of likely N-dealkylation sites (tertiary alicyclic amines) is 1.